The molecule has 0 aliphatic carbocycles. The van der Waals surface area contributed by atoms with Crippen LogP contribution >= 0.6 is 23.2 Å². The van der Waals surface area contributed by atoms with E-state index in [1.807, 2.05) is 0 Å². The summed E-state index contributed by atoms with van der Waals surface area (Å²) in [5.41, 5.74) is 0.563. The molecule has 0 aliphatic heterocycles. The van der Waals surface area contributed by atoms with Gasteiger partial charge in [0.15, 0.2) is 0 Å². The van der Waals surface area contributed by atoms with Crippen molar-refractivity contribution in [3.05, 3.63) is 35.4 Å². The summed E-state index contributed by atoms with van der Waals surface area (Å²) >= 11 is 10.9. The summed E-state index contributed by atoms with van der Waals surface area (Å²) in [6, 6.07) is 5.68. The van der Waals surface area contributed by atoms with Crippen LogP contribution in [0.4, 0.5) is 0 Å². The molecule has 54 valence electrons. The fraction of sp³-hybridized carbons (Fsp3) is 0.250. The average Bonchev–Trinajstić information content (AvgIpc) is 2.01. The smallest absolute Gasteiger partial charge is 0.0486 e. The Bertz CT molecular complexity index is 277. The largest absolute Gasteiger partial charge is 0.122 e. The Morgan fingerprint density at radius 1 is 1.00 bits per heavy atom. The van der Waals surface area contributed by atoms with Crippen molar-refractivity contribution in [1.29, 1.82) is 0 Å². The van der Waals surface area contributed by atoms with Gasteiger partial charge in [0.2, 0.25) is 0 Å². The van der Waals surface area contributed by atoms with Crippen molar-refractivity contribution in [2.45, 2.75) is 11.7 Å². The lowest BCUT2D eigenvalue weighted by molar-refractivity contribution is 1.33. The van der Waals surface area contributed by atoms with Crippen LogP contribution in [0.5, 0.6) is 0 Å². The number of hydrogen-bond donors (Lipinski definition) is 0. The Morgan fingerprint density at radius 2 is 1.30 bits per heavy atom. The first-order valence-corrected chi connectivity index (χ1v) is 3.46. The first-order chi connectivity index (χ1) is 6.21. The van der Waals surface area contributed by atoms with Gasteiger partial charge in [-0.05, 0) is 11.1 Å². The molecule has 0 fully saturated rings. The molecule has 0 N–H and O–H groups in total. The molecule has 0 atom stereocenters. The SMILES string of the molecule is [2H]C([2H])(Cl)c1ccc(C([2H])([2H])Cl)cc1. The summed E-state index contributed by atoms with van der Waals surface area (Å²) in [5, 5.41) is 0. The summed E-state index contributed by atoms with van der Waals surface area (Å²) in [6.07, 6.45) is 0. The van der Waals surface area contributed by atoms with E-state index in [9.17, 15) is 0 Å². The zero-order chi connectivity index (χ0) is 11.0. The van der Waals surface area contributed by atoms with Crippen LogP contribution in [0.3, 0.4) is 0 Å². The Labute approximate surface area is 76.4 Å². The van der Waals surface area contributed by atoms with Gasteiger partial charge in [-0.2, -0.15) is 0 Å². The Morgan fingerprint density at radius 3 is 1.50 bits per heavy atom. The number of alkyl halides is 2. The van der Waals surface area contributed by atoms with Crippen molar-refractivity contribution >= 4 is 23.2 Å². The average molecular weight is 179 g/mol. The minimum absolute atomic E-state index is 0.281. The molecule has 1 rings (SSSR count). The van der Waals surface area contributed by atoms with Crippen molar-refractivity contribution in [2.24, 2.45) is 0 Å². The highest BCUT2D eigenvalue weighted by Crippen LogP contribution is 2.08. The second-order valence-electron chi connectivity index (χ2n) is 1.77. The monoisotopic (exact) mass is 178 g/mol. The lowest BCUT2D eigenvalue weighted by atomic mass is 10.2. The maximum absolute atomic E-state index is 7.20. The van der Waals surface area contributed by atoms with E-state index < -0.39 is 11.7 Å². The van der Waals surface area contributed by atoms with Crippen molar-refractivity contribution in [3.63, 3.8) is 0 Å². The molecule has 0 nitrogen and oxygen atoms in total. The van der Waals surface area contributed by atoms with Gasteiger partial charge in [-0.1, -0.05) is 24.3 Å². The van der Waals surface area contributed by atoms with Gasteiger partial charge in [-0.15, -0.1) is 23.2 Å². The zero-order valence-corrected chi connectivity index (χ0v) is 6.58. The quantitative estimate of drug-likeness (QED) is 0.611. The molecule has 0 bridgehead atoms. The third kappa shape index (κ3) is 1.89. The van der Waals surface area contributed by atoms with Gasteiger partial charge in [0, 0.05) is 17.1 Å². The van der Waals surface area contributed by atoms with Crippen LogP contribution in [-0.4, -0.2) is 0 Å². The van der Waals surface area contributed by atoms with Gasteiger partial charge in [-0.25, -0.2) is 0 Å². The summed E-state index contributed by atoms with van der Waals surface area (Å²) < 4.78 is 28.8. The van der Waals surface area contributed by atoms with Gasteiger partial charge in [0.1, 0.15) is 0 Å². The molecule has 1 aromatic carbocycles. The minimum Gasteiger partial charge on any atom is -0.122 e. The third-order valence-corrected chi connectivity index (χ3v) is 1.54. The van der Waals surface area contributed by atoms with Crippen LogP contribution in [0.1, 0.15) is 16.6 Å². The Hall–Kier alpha value is -0.200. The van der Waals surface area contributed by atoms with Gasteiger partial charge >= 0.3 is 0 Å². The van der Waals surface area contributed by atoms with E-state index >= 15 is 0 Å². The predicted molar refractivity (Wildman–Crippen MR) is 45.6 cm³/mol. The minimum atomic E-state index is -1.93. The molecule has 0 aliphatic rings. The molecule has 0 unspecified atom stereocenters. The van der Waals surface area contributed by atoms with Crippen LogP contribution in [0.15, 0.2) is 24.3 Å². The van der Waals surface area contributed by atoms with Crippen molar-refractivity contribution < 1.29 is 5.48 Å². The van der Waals surface area contributed by atoms with Crippen LogP contribution in [0.25, 0.3) is 0 Å². The lowest BCUT2D eigenvalue weighted by Gasteiger charge is -1.95. The fourth-order valence-electron chi connectivity index (χ4n) is 0.596. The van der Waals surface area contributed by atoms with E-state index in [1.54, 1.807) is 0 Å². The second kappa shape index (κ2) is 3.85. The normalized spacial score (nSPS) is 18.6. The van der Waals surface area contributed by atoms with Crippen molar-refractivity contribution in [3.8, 4) is 0 Å². The Balaban J connectivity index is 3.02. The van der Waals surface area contributed by atoms with E-state index in [0.29, 0.717) is 0 Å². The third-order valence-electron chi connectivity index (χ3n) is 1.10. The first kappa shape index (κ1) is 3.99. The van der Waals surface area contributed by atoms with Gasteiger partial charge in [0.05, 0.1) is 0 Å². The molecule has 0 saturated heterocycles. The summed E-state index contributed by atoms with van der Waals surface area (Å²) in [6.45, 7) is 0. The lowest BCUT2D eigenvalue weighted by Crippen LogP contribution is -1.79. The predicted octanol–water partition coefficient (Wildman–Crippen LogP) is 3.16. The highest BCUT2D eigenvalue weighted by molar-refractivity contribution is 6.17. The molecular formula is C8H8Cl2. The maximum atomic E-state index is 7.20. The number of hydrogen-bond acceptors (Lipinski definition) is 0. The number of benzene rings is 1. The number of rotatable bonds is 2. The van der Waals surface area contributed by atoms with Crippen LogP contribution < -0.4 is 0 Å². The molecule has 1 aromatic rings. The molecule has 0 radical (unpaired) electrons. The van der Waals surface area contributed by atoms with Crippen LogP contribution in [0.2, 0.25) is 0 Å². The zero-order valence-electron chi connectivity index (χ0n) is 9.07. The molecule has 10 heavy (non-hydrogen) atoms. The van der Waals surface area contributed by atoms with Gasteiger partial charge in [-0.3, -0.25) is 0 Å². The standard InChI is InChI=1S/C8H8Cl2/c9-5-7-1-2-8(6-10)4-3-7/h1-4H,5-6H2/i5D2,6D2. The Kier molecular flexibility index (Phi) is 1.53. The van der Waals surface area contributed by atoms with E-state index in [-0.39, 0.29) is 11.1 Å². The maximum Gasteiger partial charge on any atom is 0.0486 e. The molecule has 0 spiro atoms. The van der Waals surface area contributed by atoms with Crippen molar-refractivity contribution in [1.82, 2.24) is 0 Å². The summed E-state index contributed by atoms with van der Waals surface area (Å²) in [5.74, 6) is -3.87. The van der Waals surface area contributed by atoms with E-state index in [1.165, 1.54) is 24.3 Å². The molecule has 2 heteroatoms. The molecule has 0 saturated carbocycles. The van der Waals surface area contributed by atoms with Gasteiger partial charge in [0.25, 0.3) is 0 Å². The first-order valence-electron chi connectivity index (χ1n) is 4.70. The van der Waals surface area contributed by atoms with Gasteiger partial charge < -0.3 is 0 Å². The van der Waals surface area contributed by atoms with E-state index in [2.05, 4.69) is 0 Å². The summed E-state index contributed by atoms with van der Waals surface area (Å²) in [7, 11) is 0. The highest BCUT2D eigenvalue weighted by atomic mass is 35.5. The highest BCUT2D eigenvalue weighted by Gasteiger charge is 1.90. The second-order valence-corrected chi connectivity index (χ2v) is 2.14. The van der Waals surface area contributed by atoms with E-state index in [0.717, 1.165) is 0 Å². The van der Waals surface area contributed by atoms with Crippen LogP contribution in [0, 0.1) is 0 Å². The van der Waals surface area contributed by atoms with Crippen molar-refractivity contribution in [2.75, 3.05) is 0 Å². The fourth-order valence-corrected chi connectivity index (χ4v) is 0.848. The molecule has 0 aromatic heterocycles. The molecule has 0 heterocycles. The number of halogens is 2. The molecular weight excluding hydrogens is 167 g/mol. The summed E-state index contributed by atoms with van der Waals surface area (Å²) in [4.78, 5) is 0. The topological polar surface area (TPSA) is 0 Å². The molecule has 0 amide bonds. The van der Waals surface area contributed by atoms with E-state index in [4.69, 9.17) is 28.7 Å². The van der Waals surface area contributed by atoms with Crippen LogP contribution in [-0.2, 0) is 11.7 Å².